The number of carbonyl (C=O) groups excluding carboxylic acids is 2. The zero-order valence-corrected chi connectivity index (χ0v) is 11.5. The van der Waals surface area contributed by atoms with Crippen molar-refractivity contribution in [2.75, 3.05) is 6.61 Å². The minimum atomic E-state index is -0.504. The predicted octanol–water partition coefficient (Wildman–Crippen LogP) is 2.55. The summed E-state index contributed by atoms with van der Waals surface area (Å²) in [5.41, 5.74) is 0.315. The van der Waals surface area contributed by atoms with E-state index in [-0.39, 0.29) is 25.2 Å². The molecular formula is C15H14FNO4. The molecule has 0 unspecified atom stereocenters. The second kappa shape index (κ2) is 6.78. The van der Waals surface area contributed by atoms with Crippen LogP contribution in [0, 0.1) is 5.82 Å². The molecule has 1 heterocycles. The molecule has 0 atom stereocenters. The molecule has 0 saturated heterocycles. The van der Waals surface area contributed by atoms with Crippen molar-refractivity contribution in [3.8, 4) is 11.3 Å². The van der Waals surface area contributed by atoms with E-state index >= 15 is 0 Å². The van der Waals surface area contributed by atoms with Crippen LogP contribution in [0.3, 0.4) is 0 Å². The van der Waals surface area contributed by atoms with Gasteiger partial charge in [-0.1, -0.05) is 12.1 Å². The van der Waals surface area contributed by atoms with Crippen LogP contribution in [0.2, 0.25) is 0 Å². The highest BCUT2D eigenvalue weighted by molar-refractivity contribution is 5.80. The molecule has 0 spiro atoms. The number of aryl methyl sites for hydroxylation is 1. The van der Waals surface area contributed by atoms with E-state index in [9.17, 15) is 14.0 Å². The van der Waals surface area contributed by atoms with E-state index in [1.807, 2.05) is 0 Å². The van der Waals surface area contributed by atoms with Gasteiger partial charge in [-0.25, -0.2) is 9.37 Å². The second-order valence-electron chi connectivity index (χ2n) is 4.46. The van der Waals surface area contributed by atoms with E-state index in [0.717, 1.165) is 0 Å². The molecule has 0 aliphatic carbocycles. The molecule has 1 aromatic heterocycles. The summed E-state index contributed by atoms with van der Waals surface area (Å²) in [6.45, 7) is 1.10. The fourth-order valence-corrected chi connectivity index (χ4v) is 1.67. The van der Waals surface area contributed by atoms with E-state index in [2.05, 4.69) is 4.98 Å². The number of oxazole rings is 1. The summed E-state index contributed by atoms with van der Waals surface area (Å²) in [5.74, 6) is -0.508. The lowest BCUT2D eigenvalue weighted by Gasteiger charge is -2.00. The van der Waals surface area contributed by atoms with Gasteiger partial charge in [-0.3, -0.25) is 9.59 Å². The molecule has 1 aromatic carbocycles. The topological polar surface area (TPSA) is 69.4 Å². The Morgan fingerprint density at radius 3 is 2.81 bits per heavy atom. The molecule has 0 aliphatic rings. The van der Waals surface area contributed by atoms with Crippen molar-refractivity contribution in [3.63, 3.8) is 0 Å². The number of Topliss-reactive ketones (excluding diaryl/α,β-unsaturated/α-hetero) is 1. The molecule has 5 nitrogen and oxygen atoms in total. The van der Waals surface area contributed by atoms with Crippen molar-refractivity contribution < 1.29 is 23.1 Å². The lowest BCUT2D eigenvalue weighted by molar-refractivity contribution is -0.147. The van der Waals surface area contributed by atoms with Crippen molar-refractivity contribution in [3.05, 3.63) is 42.2 Å². The largest absolute Gasteiger partial charge is 0.458 e. The summed E-state index contributed by atoms with van der Waals surface area (Å²) in [5, 5.41) is 0. The van der Waals surface area contributed by atoms with Gasteiger partial charge >= 0.3 is 5.97 Å². The Labute approximate surface area is 120 Å². The maximum Gasteiger partial charge on any atom is 0.306 e. The maximum absolute atomic E-state index is 13.6. The van der Waals surface area contributed by atoms with Crippen molar-refractivity contribution in [1.82, 2.24) is 4.98 Å². The van der Waals surface area contributed by atoms with Crippen molar-refractivity contribution >= 4 is 11.8 Å². The third-order valence-corrected chi connectivity index (χ3v) is 2.67. The van der Waals surface area contributed by atoms with Gasteiger partial charge in [-0.15, -0.1) is 0 Å². The minimum absolute atomic E-state index is 0.0461. The summed E-state index contributed by atoms with van der Waals surface area (Å²) in [4.78, 5) is 26.0. The lowest BCUT2D eigenvalue weighted by atomic mass is 10.2. The highest BCUT2D eigenvalue weighted by Crippen LogP contribution is 2.23. The number of rotatable bonds is 6. The SMILES string of the molecule is CC(=O)COC(=O)CCc1ncc(-c2ccccc2F)o1. The molecule has 0 fully saturated rings. The number of ether oxygens (including phenoxy) is 1. The predicted molar refractivity (Wildman–Crippen MR) is 71.9 cm³/mol. The first-order chi connectivity index (χ1) is 10.1. The lowest BCUT2D eigenvalue weighted by Crippen LogP contribution is -2.11. The third kappa shape index (κ3) is 4.24. The molecule has 21 heavy (non-hydrogen) atoms. The monoisotopic (exact) mass is 291 g/mol. The standard InChI is InChI=1S/C15H14FNO4/c1-10(18)9-20-15(19)7-6-14-17-8-13(21-14)11-4-2-3-5-12(11)16/h2-5,8H,6-7,9H2,1H3. The van der Waals surface area contributed by atoms with E-state index in [1.54, 1.807) is 18.2 Å². The van der Waals surface area contributed by atoms with Gasteiger partial charge in [0.05, 0.1) is 18.2 Å². The van der Waals surface area contributed by atoms with Crippen LogP contribution >= 0.6 is 0 Å². The number of aromatic nitrogens is 1. The first-order valence-corrected chi connectivity index (χ1v) is 6.41. The van der Waals surface area contributed by atoms with Gasteiger partial charge in [0, 0.05) is 6.42 Å². The molecule has 0 bridgehead atoms. The quantitative estimate of drug-likeness (QED) is 0.765. The van der Waals surface area contributed by atoms with Gasteiger partial charge in [0.15, 0.2) is 17.4 Å². The van der Waals surface area contributed by atoms with Crippen LogP contribution in [0.5, 0.6) is 0 Å². The first kappa shape index (κ1) is 14.9. The summed E-state index contributed by atoms with van der Waals surface area (Å²) >= 11 is 0. The van der Waals surface area contributed by atoms with Gasteiger partial charge in [0.1, 0.15) is 12.4 Å². The number of ketones is 1. The maximum atomic E-state index is 13.6. The Bertz CT molecular complexity index is 651. The number of hydrogen-bond acceptors (Lipinski definition) is 5. The van der Waals surface area contributed by atoms with Crippen LogP contribution in [0.25, 0.3) is 11.3 Å². The van der Waals surface area contributed by atoms with E-state index in [1.165, 1.54) is 19.2 Å². The van der Waals surface area contributed by atoms with Crippen LogP contribution in [-0.4, -0.2) is 23.3 Å². The highest BCUT2D eigenvalue weighted by Gasteiger charge is 2.12. The summed E-state index contributed by atoms with van der Waals surface area (Å²) in [7, 11) is 0. The molecule has 0 aliphatic heterocycles. The number of benzene rings is 1. The van der Waals surface area contributed by atoms with Gasteiger partial charge in [0.25, 0.3) is 0 Å². The summed E-state index contributed by atoms with van der Waals surface area (Å²) in [6.07, 6.45) is 1.68. The summed E-state index contributed by atoms with van der Waals surface area (Å²) < 4.78 is 23.7. The fraction of sp³-hybridized carbons (Fsp3) is 0.267. The average molecular weight is 291 g/mol. The minimum Gasteiger partial charge on any atom is -0.458 e. The number of carbonyl (C=O) groups is 2. The van der Waals surface area contributed by atoms with Crippen molar-refractivity contribution in [1.29, 1.82) is 0 Å². The van der Waals surface area contributed by atoms with Crippen molar-refractivity contribution in [2.24, 2.45) is 0 Å². The molecular weight excluding hydrogens is 277 g/mol. The Hall–Kier alpha value is -2.50. The van der Waals surface area contributed by atoms with Gasteiger partial charge in [-0.05, 0) is 19.1 Å². The first-order valence-electron chi connectivity index (χ1n) is 6.41. The van der Waals surface area contributed by atoms with Gasteiger partial charge in [0.2, 0.25) is 0 Å². The fourth-order valence-electron chi connectivity index (χ4n) is 1.67. The number of esters is 1. The average Bonchev–Trinajstić information content (AvgIpc) is 2.92. The number of nitrogens with zero attached hydrogens (tertiary/aromatic N) is 1. The van der Waals surface area contributed by atoms with Gasteiger partial charge in [-0.2, -0.15) is 0 Å². The van der Waals surface area contributed by atoms with Gasteiger partial charge < -0.3 is 9.15 Å². The van der Waals surface area contributed by atoms with E-state index in [4.69, 9.17) is 9.15 Å². The normalized spacial score (nSPS) is 10.4. The molecule has 2 rings (SSSR count). The Morgan fingerprint density at radius 2 is 2.10 bits per heavy atom. The van der Waals surface area contributed by atoms with Crippen LogP contribution in [0.1, 0.15) is 19.2 Å². The highest BCUT2D eigenvalue weighted by atomic mass is 19.1. The molecule has 110 valence electrons. The summed E-state index contributed by atoms with van der Waals surface area (Å²) in [6, 6.07) is 6.19. The zero-order chi connectivity index (χ0) is 15.2. The van der Waals surface area contributed by atoms with Crippen LogP contribution in [-0.2, 0) is 20.7 Å². The molecule has 6 heteroatoms. The number of hydrogen-bond donors (Lipinski definition) is 0. The van der Waals surface area contributed by atoms with Crippen LogP contribution in [0.4, 0.5) is 4.39 Å². The molecule has 0 saturated carbocycles. The number of halogens is 1. The molecule has 0 radical (unpaired) electrons. The van der Waals surface area contributed by atoms with Crippen molar-refractivity contribution in [2.45, 2.75) is 19.8 Å². The Balaban J connectivity index is 1.93. The molecule has 0 N–H and O–H groups in total. The van der Waals surface area contributed by atoms with E-state index in [0.29, 0.717) is 17.2 Å². The zero-order valence-electron chi connectivity index (χ0n) is 11.5. The molecule has 0 amide bonds. The second-order valence-corrected chi connectivity index (χ2v) is 4.46. The third-order valence-electron chi connectivity index (χ3n) is 2.67. The Morgan fingerprint density at radius 1 is 1.33 bits per heavy atom. The smallest absolute Gasteiger partial charge is 0.306 e. The van der Waals surface area contributed by atoms with Crippen LogP contribution < -0.4 is 0 Å². The van der Waals surface area contributed by atoms with Crippen LogP contribution in [0.15, 0.2) is 34.9 Å². The molecule has 2 aromatic rings. The Kier molecular flexibility index (Phi) is 4.81. The van der Waals surface area contributed by atoms with E-state index < -0.39 is 11.8 Å².